The third-order valence-corrected chi connectivity index (χ3v) is 0.415. The first-order valence-corrected chi connectivity index (χ1v) is 2.02. The number of hydrogen-bond acceptors (Lipinski definition) is 1. The second-order valence-electron chi connectivity index (χ2n) is 0.992. The Kier molecular flexibility index (Phi) is 3.28. The van der Waals surface area contributed by atoms with Gasteiger partial charge in [0.1, 0.15) is 0 Å². The molecule has 0 aliphatic rings. The monoisotopic (exact) mass is 107 g/mol. The molecule has 1 N–H and O–H groups in total. The van der Waals surface area contributed by atoms with E-state index in [4.69, 9.17) is 0 Å². The highest BCUT2D eigenvalue weighted by molar-refractivity contribution is 4.75. The highest BCUT2D eigenvalue weighted by atomic mass is 19.3. The van der Waals surface area contributed by atoms with Gasteiger partial charge in [0.15, 0.2) is 0 Å². The molecule has 0 unspecified atom stereocenters. The smallest absolute Gasteiger partial charge is 0.285 e. The molecule has 0 saturated carbocycles. The quantitative estimate of drug-likeness (QED) is 0.561. The van der Waals surface area contributed by atoms with E-state index in [1.54, 1.807) is 6.92 Å². The second-order valence-corrected chi connectivity index (χ2v) is 0.992. The van der Waals surface area contributed by atoms with Crippen LogP contribution in [-0.4, -0.2) is 6.54 Å². The summed E-state index contributed by atoms with van der Waals surface area (Å²) in [6, 6.07) is 0. The fraction of sp³-hybridized carbons (Fsp3) is 0.500. The fourth-order valence-electron chi connectivity index (χ4n) is 0.179. The van der Waals surface area contributed by atoms with Crippen LogP contribution in [0.25, 0.3) is 0 Å². The summed E-state index contributed by atoms with van der Waals surface area (Å²) in [6.45, 7) is 2.29. The molecule has 3 heteroatoms. The van der Waals surface area contributed by atoms with Crippen LogP contribution in [0.1, 0.15) is 6.92 Å². The molecule has 0 aromatic rings. The molecule has 0 heterocycles. The molecular weight excluding hydrogens is 100 g/mol. The van der Waals surface area contributed by atoms with Crippen LogP contribution >= 0.6 is 0 Å². The van der Waals surface area contributed by atoms with Gasteiger partial charge in [-0.2, -0.15) is 8.78 Å². The van der Waals surface area contributed by atoms with E-state index in [0.717, 1.165) is 0 Å². The first-order valence-electron chi connectivity index (χ1n) is 2.02. The van der Waals surface area contributed by atoms with Crippen LogP contribution in [0.3, 0.4) is 0 Å². The number of nitrogens with one attached hydrogen (secondary N) is 1. The van der Waals surface area contributed by atoms with Crippen molar-refractivity contribution in [3.8, 4) is 0 Å². The van der Waals surface area contributed by atoms with Crippen LogP contribution in [-0.2, 0) is 0 Å². The normalized spacial score (nSPS) is 7.86. The maximum Gasteiger partial charge on any atom is 0.285 e. The van der Waals surface area contributed by atoms with Crippen molar-refractivity contribution in [1.29, 1.82) is 0 Å². The van der Waals surface area contributed by atoms with Crippen molar-refractivity contribution in [2.75, 3.05) is 6.54 Å². The summed E-state index contributed by atoms with van der Waals surface area (Å²) in [5.41, 5.74) is 0. The molecular formula is C4H7F2N. The Morgan fingerprint density at radius 1 is 1.71 bits per heavy atom. The topological polar surface area (TPSA) is 12.0 Å². The van der Waals surface area contributed by atoms with E-state index < -0.39 is 6.08 Å². The van der Waals surface area contributed by atoms with Crippen molar-refractivity contribution >= 4 is 0 Å². The highest BCUT2D eigenvalue weighted by Gasteiger charge is 1.80. The van der Waals surface area contributed by atoms with E-state index in [2.05, 4.69) is 5.32 Å². The summed E-state index contributed by atoms with van der Waals surface area (Å²) in [6.07, 6.45) is -0.998. The Bertz CT molecular complexity index is 66.1. The van der Waals surface area contributed by atoms with Crippen molar-refractivity contribution in [3.63, 3.8) is 0 Å². The molecule has 0 aromatic carbocycles. The van der Waals surface area contributed by atoms with Gasteiger partial charge in [-0.1, -0.05) is 0 Å². The Balaban J connectivity index is 3.08. The lowest BCUT2D eigenvalue weighted by atomic mass is 10.7. The predicted octanol–water partition coefficient (Wildman–Crippen LogP) is 1.33. The van der Waals surface area contributed by atoms with E-state index in [1.807, 2.05) is 0 Å². The van der Waals surface area contributed by atoms with Gasteiger partial charge in [0, 0.05) is 6.54 Å². The molecule has 0 bridgehead atoms. The largest absolute Gasteiger partial charge is 0.387 e. The molecule has 0 aliphatic carbocycles. The minimum atomic E-state index is -1.68. The Hall–Kier alpha value is -0.600. The van der Waals surface area contributed by atoms with Gasteiger partial charge in [-0.15, -0.1) is 0 Å². The number of halogens is 2. The summed E-state index contributed by atoms with van der Waals surface area (Å²) >= 11 is 0. The van der Waals surface area contributed by atoms with Crippen molar-refractivity contribution in [1.82, 2.24) is 5.32 Å². The molecule has 0 spiro atoms. The van der Waals surface area contributed by atoms with Gasteiger partial charge in [0.2, 0.25) is 0 Å². The predicted molar refractivity (Wildman–Crippen MR) is 24.0 cm³/mol. The van der Waals surface area contributed by atoms with Crippen LogP contribution in [0.15, 0.2) is 12.3 Å². The van der Waals surface area contributed by atoms with Gasteiger partial charge < -0.3 is 5.32 Å². The molecule has 1 nitrogen and oxygen atoms in total. The first kappa shape index (κ1) is 6.40. The van der Waals surface area contributed by atoms with E-state index in [9.17, 15) is 8.78 Å². The van der Waals surface area contributed by atoms with E-state index >= 15 is 0 Å². The Morgan fingerprint density at radius 3 is 2.43 bits per heavy atom. The standard InChI is InChI=1S/C4H7F2N/c1-2-7-3-4(5)6/h3,7H,2H2,1H3. The van der Waals surface area contributed by atoms with Gasteiger partial charge in [0.25, 0.3) is 6.08 Å². The van der Waals surface area contributed by atoms with Crippen LogP contribution in [0.4, 0.5) is 8.78 Å². The van der Waals surface area contributed by atoms with Crippen molar-refractivity contribution < 1.29 is 8.78 Å². The summed E-state index contributed by atoms with van der Waals surface area (Å²) in [5.74, 6) is 0. The lowest BCUT2D eigenvalue weighted by molar-refractivity contribution is 0.415. The van der Waals surface area contributed by atoms with Crippen LogP contribution in [0, 0.1) is 0 Å². The highest BCUT2D eigenvalue weighted by Crippen LogP contribution is 1.91. The van der Waals surface area contributed by atoms with Gasteiger partial charge in [-0.05, 0) is 6.92 Å². The lowest BCUT2D eigenvalue weighted by Gasteiger charge is -1.86. The molecule has 0 aromatic heterocycles. The zero-order valence-corrected chi connectivity index (χ0v) is 4.04. The third-order valence-electron chi connectivity index (χ3n) is 0.415. The molecule has 0 atom stereocenters. The average Bonchev–Trinajstić information content (AvgIpc) is 1.61. The van der Waals surface area contributed by atoms with Crippen molar-refractivity contribution in [3.05, 3.63) is 12.3 Å². The molecule has 0 radical (unpaired) electrons. The lowest BCUT2D eigenvalue weighted by Crippen LogP contribution is -2.01. The maximum absolute atomic E-state index is 11.0. The Labute approximate surface area is 41.0 Å². The SMILES string of the molecule is CCNC=C(F)F. The van der Waals surface area contributed by atoms with Gasteiger partial charge in [0.05, 0.1) is 6.20 Å². The van der Waals surface area contributed by atoms with Gasteiger partial charge in [-0.3, -0.25) is 0 Å². The van der Waals surface area contributed by atoms with E-state index in [0.29, 0.717) is 12.7 Å². The molecule has 0 rings (SSSR count). The molecule has 0 saturated heterocycles. The first-order chi connectivity index (χ1) is 3.27. The van der Waals surface area contributed by atoms with Crippen LogP contribution < -0.4 is 5.32 Å². The minimum absolute atomic E-state index is 0.539. The molecule has 0 aliphatic heterocycles. The summed E-state index contributed by atoms with van der Waals surface area (Å²) in [4.78, 5) is 0. The molecule has 7 heavy (non-hydrogen) atoms. The van der Waals surface area contributed by atoms with Crippen molar-refractivity contribution in [2.45, 2.75) is 6.92 Å². The molecule has 0 fully saturated rings. The molecule has 0 amide bonds. The number of hydrogen-bond donors (Lipinski definition) is 1. The second kappa shape index (κ2) is 3.59. The zero-order valence-electron chi connectivity index (χ0n) is 4.04. The average molecular weight is 107 g/mol. The Morgan fingerprint density at radius 2 is 2.29 bits per heavy atom. The fourth-order valence-corrected chi connectivity index (χ4v) is 0.179. The van der Waals surface area contributed by atoms with Crippen LogP contribution in [0.2, 0.25) is 0 Å². The van der Waals surface area contributed by atoms with E-state index in [-0.39, 0.29) is 0 Å². The maximum atomic E-state index is 11.0. The van der Waals surface area contributed by atoms with E-state index in [1.165, 1.54) is 0 Å². The minimum Gasteiger partial charge on any atom is -0.387 e. The van der Waals surface area contributed by atoms with Gasteiger partial charge in [-0.25, -0.2) is 0 Å². The summed E-state index contributed by atoms with van der Waals surface area (Å²) in [7, 11) is 0. The summed E-state index contributed by atoms with van der Waals surface area (Å²) in [5, 5.41) is 2.34. The van der Waals surface area contributed by atoms with Crippen LogP contribution in [0.5, 0.6) is 0 Å². The number of rotatable bonds is 2. The third kappa shape index (κ3) is 5.40. The molecule has 42 valence electrons. The zero-order chi connectivity index (χ0) is 5.70. The summed E-state index contributed by atoms with van der Waals surface area (Å²) < 4.78 is 22.0. The van der Waals surface area contributed by atoms with Crippen molar-refractivity contribution in [2.24, 2.45) is 0 Å². The van der Waals surface area contributed by atoms with Gasteiger partial charge >= 0.3 is 0 Å².